The standard InChI is InChI=1S/C17H19F3/c1-2-3-4-5-12-6-8-13(9-7-12)14-10-15(18)17(20)16(19)11-14/h2-5,10-13H,6-9H2,1H3. The highest BCUT2D eigenvalue weighted by molar-refractivity contribution is 5.24. The third kappa shape index (κ3) is 3.53. The highest BCUT2D eigenvalue weighted by atomic mass is 19.2. The topological polar surface area (TPSA) is 0 Å². The van der Waals surface area contributed by atoms with Crippen molar-refractivity contribution in [3.8, 4) is 0 Å². The fourth-order valence-corrected chi connectivity index (χ4v) is 2.79. The second kappa shape index (κ2) is 6.78. The maximum Gasteiger partial charge on any atom is 0.194 e. The van der Waals surface area contributed by atoms with Gasteiger partial charge in [-0.3, -0.25) is 0 Å². The number of hydrogen-bond donors (Lipinski definition) is 0. The van der Waals surface area contributed by atoms with Gasteiger partial charge in [-0.15, -0.1) is 0 Å². The molecule has 0 nitrogen and oxygen atoms in total. The summed E-state index contributed by atoms with van der Waals surface area (Å²) in [5.74, 6) is -2.90. The van der Waals surface area contributed by atoms with E-state index < -0.39 is 17.5 Å². The average Bonchev–Trinajstić information content (AvgIpc) is 2.45. The second-order valence-corrected chi connectivity index (χ2v) is 5.32. The SMILES string of the molecule is CC=CC=CC1CCC(c2cc(F)c(F)c(F)c2)CC1. The van der Waals surface area contributed by atoms with E-state index in [9.17, 15) is 13.2 Å². The Bertz CT molecular complexity index is 486. The summed E-state index contributed by atoms with van der Waals surface area (Å²) in [5.41, 5.74) is 0.581. The van der Waals surface area contributed by atoms with E-state index in [1.807, 2.05) is 25.2 Å². The molecule has 0 N–H and O–H groups in total. The zero-order chi connectivity index (χ0) is 14.5. The molecule has 0 radical (unpaired) electrons. The van der Waals surface area contributed by atoms with Crippen LogP contribution in [0.3, 0.4) is 0 Å². The molecule has 0 bridgehead atoms. The first-order chi connectivity index (χ1) is 9.61. The highest BCUT2D eigenvalue weighted by Crippen LogP contribution is 2.37. The first-order valence-corrected chi connectivity index (χ1v) is 7.05. The lowest BCUT2D eigenvalue weighted by atomic mass is 9.78. The van der Waals surface area contributed by atoms with E-state index in [-0.39, 0.29) is 5.92 Å². The van der Waals surface area contributed by atoms with Gasteiger partial charge in [-0.25, -0.2) is 13.2 Å². The van der Waals surface area contributed by atoms with Gasteiger partial charge in [0.05, 0.1) is 0 Å². The van der Waals surface area contributed by atoms with Crippen molar-refractivity contribution in [2.45, 2.75) is 38.5 Å². The first-order valence-electron chi connectivity index (χ1n) is 7.05. The summed E-state index contributed by atoms with van der Waals surface area (Å²) < 4.78 is 39.4. The highest BCUT2D eigenvalue weighted by Gasteiger charge is 2.23. The van der Waals surface area contributed by atoms with Crippen LogP contribution in [0.2, 0.25) is 0 Å². The largest absolute Gasteiger partial charge is 0.204 e. The summed E-state index contributed by atoms with van der Waals surface area (Å²) in [7, 11) is 0. The monoisotopic (exact) mass is 280 g/mol. The molecule has 1 aliphatic rings. The lowest BCUT2D eigenvalue weighted by Gasteiger charge is -2.27. The molecule has 1 saturated carbocycles. The molecule has 2 rings (SSSR count). The predicted octanol–water partition coefficient (Wildman–Crippen LogP) is 5.51. The van der Waals surface area contributed by atoms with Crippen LogP contribution in [-0.2, 0) is 0 Å². The molecule has 1 aromatic rings. The normalized spacial score (nSPS) is 23.8. The number of hydrogen-bond acceptors (Lipinski definition) is 0. The van der Waals surface area contributed by atoms with Crippen molar-refractivity contribution in [3.05, 3.63) is 59.5 Å². The van der Waals surface area contributed by atoms with Gasteiger partial charge < -0.3 is 0 Å². The molecule has 0 aromatic heterocycles. The molecule has 0 unspecified atom stereocenters. The summed E-state index contributed by atoms with van der Waals surface area (Å²) in [6.07, 6.45) is 12.0. The van der Waals surface area contributed by atoms with Gasteiger partial charge in [0.2, 0.25) is 0 Å². The van der Waals surface area contributed by atoms with E-state index in [0.29, 0.717) is 11.5 Å². The second-order valence-electron chi connectivity index (χ2n) is 5.32. The van der Waals surface area contributed by atoms with Gasteiger partial charge in [-0.1, -0.05) is 24.3 Å². The minimum absolute atomic E-state index is 0.131. The minimum atomic E-state index is -1.38. The van der Waals surface area contributed by atoms with Gasteiger partial charge in [0.15, 0.2) is 17.5 Å². The Labute approximate surface area is 118 Å². The lowest BCUT2D eigenvalue weighted by molar-refractivity contribution is 0.371. The molecule has 0 heterocycles. The van der Waals surface area contributed by atoms with Crippen molar-refractivity contribution in [2.75, 3.05) is 0 Å². The molecular weight excluding hydrogens is 261 g/mol. The number of rotatable bonds is 3. The van der Waals surface area contributed by atoms with Crippen molar-refractivity contribution in [3.63, 3.8) is 0 Å². The van der Waals surface area contributed by atoms with Gasteiger partial charge in [0, 0.05) is 0 Å². The van der Waals surface area contributed by atoms with Crippen LogP contribution in [0.4, 0.5) is 13.2 Å². The molecule has 1 aromatic carbocycles. The molecule has 0 saturated heterocycles. The van der Waals surface area contributed by atoms with E-state index in [4.69, 9.17) is 0 Å². The average molecular weight is 280 g/mol. The zero-order valence-corrected chi connectivity index (χ0v) is 11.6. The molecule has 1 fully saturated rings. The summed E-state index contributed by atoms with van der Waals surface area (Å²) in [4.78, 5) is 0. The van der Waals surface area contributed by atoms with E-state index in [1.165, 1.54) is 0 Å². The van der Waals surface area contributed by atoms with Crippen LogP contribution < -0.4 is 0 Å². The van der Waals surface area contributed by atoms with Crippen LogP contribution in [0, 0.1) is 23.4 Å². The van der Waals surface area contributed by atoms with Gasteiger partial charge in [0.25, 0.3) is 0 Å². The Morgan fingerprint density at radius 3 is 2.10 bits per heavy atom. The van der Waals surface area contributed by atoms with Crippen LogP contribution in [0.1, 0.15) is 44.1 Å². The molecule has 0 spiro atoms. The lowest BCUT2D eigenvalue weighted by Crippen LogP contribution is -2.12. The maximum atomic E-state index is 13.2. The van der Waals surface area contributed by atoms with Gasteiger partial charge in [0.1, 0.15) is 0 Å². The van der Waals surface area contributed by atoms with E-state index >= 15 is 0 Å². The van der Waals surface area contributed by atoms with Crippen molar-refractivity contribution >= 4 is 0 Å². The Kier molecular flexibility index (Phi) is 5.05. The third-order valence-electron chi connectivity index (χ3n) is 3.94. The van der Waals surface area contributed by atoms with Crippen molar-refractivity contribution < 1.29 is 13.2 Å². The summed E-state index contributed by atoms with van der Waals surface area (Å²) in [5, 5.41) is 0. The summed E-state index contributed by atoms with van der Waals surface area (Å²) >= 11 is 0. The van der Waals surface area contributed by atoms with Crippen molar-refractivity contribution in [1.29, 1.82) is 0 Å². The predicted molar refractivity (Wildman–Crippen MR) is 75.0 cm³/mol. The fourth-order valence-electron chi connectivity index (χ4n) is 2.79. The Morgan fingerprint density at radius 2 is 1.55 bits per heavy atom. The first kappa shape index (κ1) is 14.9. The number of halogens is 3. The molecule has 3 heteroatoms. The van der Waals surface area contributed by atoms with Crippen LogP contribution in [-0.4, -0.2) is 0 Å². The van der Waals surface area contributed by atoms with E-state index in [1.54, 1.807) is 0 Å². The molecule has 108 valence electrons. The van der Waals surface area contributed by atoms with Crippen molar-refractivity contribution in [2.24, 2.45) is 5.92 Å². The smallest absolute Gasteiger partial charge is 0.194 e. The minimum Gasteiger partial charge on any atom is -0.204 e. The van der Waals surface area contributed by atoms with Crippen LogP contribution in [0.15, 0.2) is 36.4 Å². The molecule has 20 heavy (non-hydrogen) atoms. The summed E-state index contributed by atoms with van der Waals surface area (Å²) in [6.45, 7) is 1.97. The van der Waals surface area contributed by atoms with Crippen LogP contribution in [0.5, 0.6) is 0 Å². The Hall–Kier alpha value is -1.51. The van der Waals surface area contributed by atoms with Gasteiger partial charge in [-0.2, -0.15) is 0 Å². The van der Waals surface area contributed by atoms with E-state index in [2.05, 4.69) is 6.08 Å². The molecule has 0 atom stereocenters. The van der Waals surface area contributed by atoms with Gasteiger partial charge in [-0.05, 0) is 62.1 Å². The fraction of sp³-hybridized carbons (Fsp3) is 0.412. The number of benzene rings is 1. The zero-order valence-electron chi connectivity index (χ0n) is 11.6. The third-order valence-corrected chi connectivity index (χ3v) is 3.94. The van der Waals surface area contributed by atoms with Crippen molar-refractivity contribution in [1.82, 2.24) is 0 Å². The maximum absolute atomic E-state index is 13.2. The summed E-state index contributed by atoms with van der Waals surface area (Å²) in [6, 6.07) is 2.28. The Balaban J connectivity index is 2.00. The number of allylic oxidation sites excluding steroid dienone is 4. The molecule has 1 aliphatic carbocycles. The van der Waals surface area contributed by atoms with E-state index in [0.717, 1.165) is 37.8 Å². The van der Waals surface area contributed by atoms with Crippen LogP contribution >= 0.6 is 0 Å². The van der Waals surface area contributed by atoms with Crippen LogP contribution in [0.25, 0.3) is 0 Å². The Morgan fingerprint density at radius 1 is 0.950 bits per heavy atom. The molecular formula is C17H19F3. The molecule has 0 amide bonds. The van der Waals surface area contributed by atoms with Gasteiger partial charge >= 0.3 is 0 Å². The quantitative estimate of drug-likeness (QED) is 0.506. The molecule has 0 aliphatic heterocycles.